The van der Waals surface area contributed by atoms with E-state index >= 15 is 0 Å². The molecule has 2 aliphatic rings. The third kappa shape index (κ3) is 5.04. The molecular weight excluding hydrogens is 432 g/mol. The second kappa shape index (κ2) is 9.93. The van der Waals surface area contributed by atoms with Crippen LogP contribution in [-0.4, -0.2) is 43.8 Å². The van der Waals surface area contributed by atoms with Crippen LogP contribution in [0.25, 0.3) is 22.5 Å². The Morgan fingerprint density at radius 1 is 1.15 bits per heavy atom. The van der Waals surface area contributed by atoms with Gasteiger partial charge in [0, 0.05) is 30.0 Å². The van der Waals surface area contributed by atoms with E-state index in [1.54, 1.807) is 11.8 Å². The van der Waals surface area contributed by atoms with Crippen LogP contribution in [0.5, 0.6) is 0 Å². The van der Waals surface area contributed by atoms with Gasteiger partial charge in [-0.25, -0.2) is 9.97 Å². The van der Waals surface area contributed by atoms with Crippen LogP contribution in [0.2, 0.25) is 0 Å². The average molecular weight is 461 g/mol. The molecule has 1 saturated carbocycles. The van der Waals surface area contributed by atoms with Gasteiger partial charge in [0.1, 0.15) is 5.03 Å². The van der Waals surface area contributed by atoms with Crippen molar-refractivity contribution in [1.29, 1.82) is 0 Å². The number of aromatic nitrogens is 3. The maximum atomic E-state index is 12.4. The number of imidazole rings is 1. The SMILES string of the molecule is O=C(NC1CC1)C1=CC=C(c2cnc3c(SCCCCO)nc(-c4ccccc4)cn23)CC1. The summed E-state index contributed by atoms with van der Waals surface area (Å²) in [7, 11) is 0. The summed E-state index contributed by atoms with van der Waals surface area (Å²) in [6.45, 7) is 0.212. The molecule has 2 heterocycles. The fraction of sp³-hybridized carbons (Fsp3) is 0.346. The maximum Gasteiger partial charge on any atom is 0.247 e. The Kier molecular flexibility index (Phi) is 6.60. The number of unbranched alkanes of at least 4 members (excludes halogenated alkanes) is 1. The molecule has 6 nitrogen and oxygen atoms in total. The highest BCUT2D eigenvalue weighted by molar-refractivity contribution is 7.99. The number of amides is 1. The van der Waals surface area contributed by atoms with E-state index in [1.807, 2.05) is 30.5 Å². The lowest BCUT2D eigenvalue weighted by Gasteiger charge is -2.15. The highest BCUT2D eigenvalue weighted by Crippen LogP contribution is 2.32. The minimum Gasteiger partial charge on any atom is -0.396 e. The van der Waals surface area contributed by atoms with Crippen LogP contribution in [0.1, 0.15) is 44.2 Å². The van der Waals surface area contributed by atoms with Crippen molar-refractivity contribution in [3.63, 3.8) is 0 Å². The Bertz CT molecular complexity index is 1210. The molecule has 0 spiro atoms. The van der Waals surface area contributed by atoms with Gasteiger partial charge in [-0.1, -0.05) is 42.5 Å². The van der Waals surface area contributed by atoms with Gasteiger partial charge < -0.3 is 10.4 Å². The second-order valence-corrected chi connectivity index (χ2v) is 9.63. The highest BCUT2D eigenvalue weighted by Gasteiger charge is 2.25. The smallest absolute Gasteiger partial charge is 0.247 e. The van der Waals surface area contributed by atoms with Gasteiger partial charge in [-0.15, -0.1) is 11.8 Å². The summed E-state index contributed by atoms with van der Waals surface area (Å²) in [5.74, 6) is 0.956. The van der Waals surface area contributed by atoms with Crippen molar-refractivity contribution in [2.45, 2.75) is 49.6 Å². The topological polar surface area (TPSA) is 79.5 Å². The van der Waals surface area contributed by atoms with Gasteiger partial charge in [0.05, 0.1) is 17.6 Å². The number of carbonyl (C=O) groups excluding carboxylic acids is 1. The van der Waals surface area contributed by atoms with Gasteiger partial charge >= 0.3 is 0 Å². The van der Waals surface area contributed by atoms with Crippen LogP contribution in [0, 0.1) is 0 Å². The zero-order chi connectivity index (χ0) is 22.6. The molecule has 1 fully saturated rings. The first-order valence-corrected chi connectivity index (χ1v) is 12.6. The molecule has 0 unspecified atom stereocenters. The van der Waals surface area contributed by atoms with Gasteiger partial charge in [-0.2, -0.15) is 0 Å². The van der Waals surface area contributed by atoms with Crippen LogP contribution in [0.15, 0.2) is 65.5 Å². The lowest BCUT2D eigenvalue weighted by atomic mass is 9.96. The summed E-state index contributed by atoms with van der Waals surface area (Å²) in [5, 5.41) is 13.1. The third-order valence-electron chi connectivity index (χ3n) is 6.00. The number of aliphatic hydroxyl groups is 1. The number of rotatable bonds is 9. The van der Waals surface area contributed by atoms with E-state index in [2.05, 4.69) is 34.1 Å². The summed E-state index contributed by atoms with van der Waals surface area (Å²) in [4.78, 5) is 22.0. The molecular formula is C26H28N4O2S. The van der Waals surface area contributed by atoms with E-state index in [-0.39, 0.29) is 12.5 Å². The first kappa shape index (κ1) is 21.9. The number of nitrogens with one attached hydrogen (secondary N) is 1. The van der Waals surface area contributed by atoms with E-state index in [9.17, 15) is 4.79 Å². The van der Waals surface area contributed by atoms with Crippen molar-refractivity contribution >= 4 is 28.9 Å². The molecule has 1 aromatic carbocycles. The van der Waals surface area contributed by atoms with Crippen LogP contribution >= 0.6 is 11.8 Å². The fourth-order valence-corrected chi connectivity index (χ4v) is 4.96. The van der Waals surface area contributed by atoms with Crippen molar-refractivity contribution in [2.75, 3.05) is 12.4 Å². The van der Waals surface area contributed by atoms with Gasteiger partial charge in [0.25, 0.3) is 0 Å². The lowest BCUT2D eigenvalue weighted by molar-refractivity contribution is -0.117. The van der Waals surface area contributed by atoms with E-state index < -0.39 is 0 Å². The summed E-state index contributed by atoms with van der Waals surface area (Å²) in [6.07, 6.45) is 13.4. The summed E-state index contributed by atoms with van der Waals surface area (Å²) in [5.41, 5.74) is 5.88. The summed E-state index contributed by atoms with van der Waals surface area (Å²) < 4.78 is 2.14. The van der Waals surface area contributed by atoms with Gasteiger partial charge in [0.2, 0.25) is 5.91 Å². The van der Waals surface area contributed by atoms with Crippen molar-refractivity contribution < 1.29 is 9.90 Å². The Balaban J connectivity index is 1.48. The third-order valence-corrected chi connectivity index (χ3v) is 7.04. The largest absolute Gasteiger partial charge is 0.396 e. The van der Waals surface area contributed by atoms with Crippen LogP contribution in [-0.2, 0) is 4.79 Å². The van der Waals surface area contributed by atoms with E-state index in [0.29, 0.717) is 6.04 Å². The minimum atomic E-state index is 0.0723. The van der Waals surface area contributed by atoms with Crippen molar-refractivity contribution in [3.05, 3.63) is 66.1 Å². The van der Waals surface area contributed by atoms with Gasteiger partial charge in [-0.3, -0.25) is 9.20 Å². The van der Waals surface area contributed by atoms with Gasteiger partial charge in [-0.05, 0) is 49.9 Å². The number of aliphatic hydroxyl groups excluding tert-OH is 1. The monoisotopic (exact) mass is 460 g/mol. The van der Waals surface area contributed by atoms with Crippen molar-refractivity contribution in [2.24, 2.45) is 0 Å². The fourth-order valence-electron chi connectivity index (χ4n) is 3.97. The van der Waals surface area contributed by atoms with Crippen LogP contribution in [0.4, 0.5) is 0 Å². The van der Waals surface area contributed by atoms with E-state index in [1.165, 1.54) is 5.57 Å². The summed E-state index contributed by atoms with van der Waals surface area (Å²) in [6, 6.07) is 10.6. The number of benzene rings is 1. The lowest BCUT2D eigenvalue weighted by Crippen LogP contribution is -2.27. The predicted molar refractivity (Wildman–Crippen MR) is 132 cm³/mol. The molecule has 170 valence electrons. The Morgan fingerprint density at radius 3 is 2.73 bits per heavy atom. The van der Waals surface area contributed by atoms with E-state index in [4.69, 9.17) is 15.1 Å². The number of thioether (sulfide) groups is 1. The molecule has 33 heavy (non-hydrogen) atoms. The standard InChI is InChI=1S/C26H28N4O2S/c31-14-4-5-15-33-26-24-27-16-23(30(24)17-22(29-26)18-6-2-1-3-7-18)19-8-10-20(11-9-19)25(32)28-21-12-13-21/h1-3,6-8,10,16-17,21,31H,4-5,9,11-15H2,(H,28,32). The Morgan fingerprint density at radius 2 is 2.00 bits per heavy atom. The normalized spacial score (nSPS) is 15.9. The Labute approximate surface area is 197 Å². The quantitative estimate of drug-likeness (QED) is 0.359. The molecule has 2 aromatic heterocycles. The molecule has 0 bridgehead atoms. The molecule has 2 aliphatic carbocycles. The zero-order valence-corrected chi connectivity index (χ0v) is 19.4. The second-order valence-electron chi connectivity index (χ2n) is 8.55. The van der Waals surface area contributed by atoms with Crippen LogP contribution in [0.3, 0.4) is 0 Å². The molecule has 0 atom stereocenters. The van der Waals surface area contributed by atoms with E-state index in [0.717, 1.165) is 77.5 Å². The maximum absolute atomic E-state index is 12.4. The molecule has 0 aliphatic heterocycles. The molecule has 2 N–H and O–H groups in total. The van der Waals surface area contributed by atoms with Crippen molar-refractivity contribution in [1.82, 2.24) is 19.7 Å². The molecule has 0 radical (unpaired) electrons. The molecule has 5 rings (SSSR count). The molecule has 0 saturated heterocycles. The Hall–Kier alpha value is -2.90. The molecule has 3 aromatic rings. The number of nitrogens with zero attached hydrogens (tertiary/aromatic N) is 3. The highest BCUT2D eigenvalue weighted by atomic mass is 32.2. The number of allylic oxidation sites excluding steroid dienone is 3. The predicted octanol–water partition coefficient (Wildman–Crippen LogP) is 4.64. The molecule has 1 amide bonds. The summed E-state index contributed by atoms with van der Waals surface area (Å²) >= 11 is 1.68. The van der Waals surface area contributed by atoms with Crippen molar-refractivity contribution in [3.8, 4) is 11.3 Å². The number of carbonyl (C=O) groups is 1. The number of fused-ring (bicyclic) bond motifs is 1. The first-order valence-electron chi connectivity index (χ1n) is 11.6. The first-order chi connectivity index (χ1) is 16.2. The molecule has 7 heteroatoms. The number of hydrogen-bond acceptors (Lipinski definition) is 5. The van der Waals surface area contributed by atoms with Crippen LogP contribution < -0.4 is 5.32 Å². The zero-order valence-electron chi connectivity index (χ0n) is 18.5. The van der Waals surface area contributed by atoms with Gasteiger partial charge in [0.15, 0.2) is 5.65 Å². The number of hydrogen-bond donors (Lipinski definition) is 2. The average Bonchev–Trinajstić information content (AvgIpc) is 3.57. The minimum absolute atomic E-state index is 0.0723.